The van der Waals surface area contributed by atoms with Gasteiger partial charge >= 0.3 is 0 Å². The number of hydrogen-bond donors (Lipinski definition) is 1. The van der Waals surface area contributed by atoms with E-state index in [4.69, 9.17) is 4.98 Å². The van der Waals surface area contributed by atoms with Gasteiger partial charge in [0.1, 0.15) is 0 Å². The highest BCUT2D eigenvalue weighted by Crippen LogP contribution is 2.40. The number of aromatic nitrogens is 5. The number of nitrogens with zero attached hydrogens (tertiary/aromatic N) is 4. The molecule has 0 fully saturated rings. The van der Waals surface area contributed by atoms with Gasteiger partial charge in [-0.2, -0.15) is 0 Å². The number of allylic oxidation sites excluding steroid dienone is 5. The Labute approximate surface area is 329 Å². The summed E-state index contributed by atoms with van der Waals surface area (Å²) < 4.78 is 6.97. The minimum absolute atomic E-state index is 0.811. The molecule has 0 aliphatic heterocycles. The van der Waals surface area contributed by atoms with Crippen LogP contribution < -0.4 is 0 Å². The third kappa shape index (κ3) is 5.06. The topological polar surface area (TPSA) is 43.0 Å². The van der Waals surface area contributed by atoms with Crippen LogP contribution in [0.15, 0.2) is 195 Å². The maximum atomic E-state index is 5.36. The van der Waals surface area contributed by atoms with Gasteiger partial charge in [0, 0.05) is 44.1 Å². The fraction of sp³-hybridized carbons (Fsp3) is 0.0192. The Hall–Kier alpha value is -7.63. The summed E-state index contributed by atoms with van der Waals surface area (Å²) in [5.41, 5.74) is 15.6. The zero-order valence-corrected chi connectivity index (χ0v) is 31.4. The van der Waals surface area contributed by atoms with Gasteiger partial charge in [-0.3, -0.25) is 4.40 Å². The van der Waals surface area contributed by atoms with Crippen molar-refractivity contribution in [3.8, 4) is 39.3 Å². The molecule has 0 amide bonds. The number of nitrogens with one attached hydrogen (secondary N) is 1. The first kappa shape index (κ1) is 32.8. The lowest BCUT2D eigenvalue weighted by molar-refractivity contribution is 1.18. The summed E-state index contributed by atoms with van der Waals surface area (Å²) in [5, 5.41) is 4.86. The van der Waals surface area contributed by atoms with Crippen molar-refractivity contribution in [3.05, 3.63) is 195 Å². The summed E-state index contributed by atoms with van der Waals surface area (Å²) in [7, 11) is 0. The molecule has 0 saturated heterocycles. The SMILES string of the molecule is C=C/C=C\C(=C/C)n1c2ccccc2c2cc(-c3nc4[nH]c5cc(-c6ccc7c(c6)c6ccccc6n7-c6ccccc6)ccc5n4c3-c3ccccc3)ccc21. The highest BCUT2D eigenvalue weighted by molar-refractivity contribution is 6.12. The van der Waals surface area contributed by atoms with Crippen LogP contribution >= 0.6 is 0 Å². The van der Waals surface area contributed by atoms with E-state index in [0.29, 0.717) is 0 Å². The summed E-state index contributed by atoms with van der Waals surface area (Å²) in [4.78, 5) is 9.07. The normalized spacial score (nSPS) is 12.4. The summed E-state index contributed by atoms with van der Waals surface area (Å²) in [6.07, 6.45) is 8.06. The number of aromatic amines is 1. The van der Waals surface area contributed by atoms with Crippen molar-refractivity contribution in [1.82, 2.24) is 23.5 Å². The first-order chi connectivity index (χ1) is 28.2. The van der Waals surface area contributed by atoms with Crippen LogP contribution in [0.3, 0.4) is 0 Å². The molecule has 57 heavy (non-hydrogen) atoms. The van der Waals surface area contributed by atoms with Crippen LogP contribution in [0.25, 0.3) is 105 Å². The molecule has 0 aliphatic rings. The van der Waals surface area contributed by atoms with Crippen LogP contribution in [-0.2, 0) is 0 Å². The molecule has 5 heteroatoms. The lowest BCUT2D eigenvalue weighted by Gasteiger charge is -2.10. The van der Waals surface area contributed by atoms with Gasteiger partial charge in [-0.05, 0) is 84.8 Å². The third-order valence-corrected chi connectivity index (χ3v) is 11.3. The molecule has 7 aromatic carbocycles. The number of rotatable bonds is 7. The fourth-order valence-corrected chi connectivity index (χ4v) is 8.81. The van der Waals surface area contributed by atoms with Gasteiger partial charge in [-0.15, -0.1) is 0 Å². The number of para-hydroxylation sites is 3. The van der Waals surface area contributed by atoms with Crippen LogP contribution in [0.4, 0.5) is 0 Å². The molecule has 11 aromatic rings. The monoisotopic (exact) mass is 731 g/mol. The molecule has 5 nitrogen and oxygen atoms in total. The second kappa shape index (κ2) is 13.0. The number of fused-ring (bicyclic) bond motifs is 9. The van der Waals surface area contributed by atoms with Crippen LogP contribution in [0, 0.1) is 0 Å². The second-order valence-corrected chi connectivity index (χ2v) is 14.5. The maximum absolute atomic E-state index is 5.36. The van der Waals surface area contributed by atoms with Crippen molar-refractivity contribution in [2.75, 3.05) is 0 Å². The zero-order chi connectivity index (χ0) is 38.0. The van der Waals surface area contributed by atoms with Crippen molar-refractivity contribution >= 4 is 66.1 Å². The van der Waals surface area contributed by atoms with E-state index in [1.807, 2.05) is 12.2 Å². The molecule has 0 aliphatic carbocycles. The van der Waals surface area contributed by atoms with Crippen molar-refractivity contribution in [3.63, 3.8) is 0 Å². The van der Waals surface area contributed by atoms with Crippen molar-refractivity contribution < 1.29 is 0 Å². The Morgan fingerprint density at radius 1 is 0.561 bits per heavy atom. The number of benzene rings is 7. The fourth-order valence-electron chi connectivity index (χ4n) is 8.81. The molecule has 11 rings (SSSR count). The predicted octanol–water partition coefficient (Wildman–Crippen LogP) is 13.6. The van der Waals surface area contributed by atoms with Crippen molar-refractivity contribution in [1.29, 1.82) is 0 Å². The van der Waals surface area contributed by atoms with Gasteiger partial charge in [0.15, 0.2) is 0 Å². The maximum Gasteiger partial charge on any atom is 0.213 e. The van der Waals surface area contributed by atoms with E-state index >= 15 is 0 Å². The van der Waals surface area contributed by atoms with Gasteiger partial charge in [0.2, 0.25) is 5.78 Å². The standard InChI is InChI=1S/C52H37N5/c1-3-5-18-38(4-2)55-45-23-14-12-22-41(45)43-32-37(27-29-47(43)55)50-51(34-16-8-6-9-17-34)57-49-30-26-36(33-44(49)53-52(57)54-50)35-25-28-48-42(31-35)40-21-13-15-24-46(40)56(48)39-19-10-7-11-20-39/h3-33H,1H2,2H3,(H,53,54)/b18-5-,38-4+. The Bertz CT molecular complexity index is 3420. The number of H-pyrrole nitrogens is 1. The molecule has 0 unspecified atom stereocenters. The van der Waals surface area contributed by atoms with Crippen LogP contribution in [0.1, 0.15) is 6.92 Å². The lowest BCUT2D eigenvalue weighted by Crippen LogP contribution is -1.94. The van der Waals surface area contributed by atoms with E-state index in [1.165, 1.54) is 38.1 Å². The Morgan fingerprint density at radius 2 is 1.14 bits per heavy atom. The van der Waals surface area contributed by atoms with Crippen LogP contribution in [0.2, 0.25) is 0 Å². The van der Waals surface area contributed by atoms with Crippen molar-refractivity contribution in [2.45, 2.75) is 6.92 Å². The Morgan fingerprint density at radius 3 is 1.91 bits per heavy atom. The summed E-state index contributed by atoms with van der Waals surface area (Å²) >= 11 is 0. The van der Waals surface area contributed by atoms with E-state index in [9.17, 15) is 0 Å². The smallest absolute Gasteiger partial charge is 0.213 e. The molecular weight excluding hydrogens is 695 g/mol. The van der Waals surface area contributed by atoms with E-state index < -0.39 is 0 Å². The van der Waals surface area contributed by atoms with E-state index in [2.05, 4.69) is 208 Å². The van der Waals surface area contributed by atoms with Gasteiger partial charge < -0.3 is 14.1 Å². The quantitative estimate of drug-likeness (QED) is 0.163. The molecule has 0 spiro atoms. The van der Waals surface area contributed by atoms with Crippen LogP contribution in [-0.4, -0.2) is 23.5 Å². The lowest BCUT2D eigenvalue weighted by atomic mass is 10.0. The first-order valence-electron chi connectivity index (χ1n) is 19.4. The summed E-state index contributed by atoms with van der Waals surface area (Å²) in [6.45, 7) is 5.97. The highest BCUT2D eigenvalue weighted by Gasteiger charge is 2.22. The number of hydrogen-bond acceptors (Lipinski definition) is 1. The van der Waals surface area contributed by atoms with Crippen LogP contribution in [0.5, 0.6) is 0 Å². The van der Waals surface area contributed by atoms with Gasteiger partial charge in [-0.25, -0.2) is 4.98 Å². The molecule has 4 aromatic heterocycles. The number of imidazole rings is 2. The molecule has 0 saturated carbocycles. The first-order valence-corrected chi connectivity index (χ1v) is 19.4. The average molecular weight is 732 g/mol. The molecule has 1 N–H and O–H groups in total. The Kier molecular flexibility index (Phi) is 7.47. The minimum Gasteiger partial charge on any atom is -0.323 e. The summed E-state index contributed by atoms with van der Waals surface area (Å²) in [5.74, 6) is 0.811. The highest BCUT2D eigenvalue weighted by atomic mass is 15.1. The molecule has 270 valence electrons. The average Bonchev–Trinajstić information content (AvgIpc) is 4.01. The van der Waals surface area contributed by atoms with Gasteiger partial charge in [0.05, 0.1) is 44.5 Å². The molecular formula is C52H37N5. The summed E-state index contributed by atoms with van der Waals surface area (Å²) in [6, 6.07) is 58.8. The zero-order valence-electron chi connectivity index (χ0n) is 31.4. The predicted molar refractivity (Wildman–Crippen MR) is 240 cm³/mol. The van der Waals surface area contributed by atoms with E-state index in [0.717, 1.165) is 67.3 Å². The molecule has 0 atom stereocenters. The van der Waals surface area contributed by atoms with Gasteiger partial charge in [0.25, 0.3) is 0 Å². The Balaban J connectivity index is 1.07. The van der Waals surface area contributed by atoms with E-state index in [1.54, 1.807) is 0 Å². The largest absolute Gasteiger partial charge is 0.323 e. The minimum atomic E-state index is 0.811. The molecule has 4 heterocycles. The molecule has 0 radical (unpaired) electrons. The molecule has 0 bridgehead atoms. The third-order valence-electron chi connectivity index (χ3n) is 11.3. The second-order valence-electron chi connectivity index (χ2n) is 14.5. The van der Waals surface area contributed by atoms with E-state index in [-0.39, 0.29) is 0 Å². The van der Waals surface area contributed by atoms with Crippen molar-refractivity contribution in [2.24, 2.45) is 0 Å². The van der Waals surface area contributed by atoms with Gasteiger partial charge in [-0.1, -0.05) is 128 Å².